The minimum atomic E-state index is -3.66. The molecule has 4 N–H and O–H groups in total. The highest BCUT2D eigenvalue weighted by Gasteiger charge is 2.20. The standard InChI is InChI=1S/C10H12BrN5O2S/c1-6(10-13-5-14-15-10)16-19(17,18)7-2-3-8(11)9(12)4-7/h2-6,16H,12H2,1H3,(H,13,14,15). The Hall–Kier alpha value is -1.45. The largest absolute Gasteiger partial charge is 0.398 e. The average molecular weight is 346 g/mol. The molecule has 1 aromatic carbocycles. The van der Waals surface area contributed by atoms with Crippen LogP contribution in [0.15, 0.2) is 33.9 Å². The van der Waals surface area contributed by atoms with Gasteiger partial charge in [0.1, 0.15) is 12.2 Å². The Bertz CT molecular complexity index is 671. The van der Waals surface area contributed by atoms with Crippen molar-refractivity contribution in [3.8, 4) is 0 Å². The van der Waals surface area contributed by atoms with E-state index >= 15 is 0 Å². The summed E-state index contributed by atoms with van der Waals surface area (Å²) in [5.74, 6) is 0.439. The summed E-state index contributed by atoms with van der Waals surface area (Å²) < 4.78 is 27.5. The number of benzene rings is 1. The van der Waals surface area contributed by atoms with Crippen molar-refractivity contribution in [2.45, 2.75) is 17.9 Å². The van der Waals surface area contributed by atoms with Gasteiger partial charge in [0.2, 0.25) is 10.0 Å². The Morgan fingerprint density at radius 2 is 2.21 bits per heavy atom. The molecule has 0 saturated carbocycles. The van der Waals surface area contributed by atoms with Crippen LogP contribution < -0.4 is 10.5 Å². The third kappa shape index (κ3) is 3.11. The molecule has 0 radical (unpaired) electrons. The molecule has 0 bridgehead atoms. The number of aromatic nitrogens is 3. The summed E-state index contributed by atoms with van der Waals surface area (Å²) in [6.45, 7) is 1.67. The van der Waals surface area contributed by atoms with Gasteiger partial charge in [0.25, 0.3) is 0 Å². The van der Waals surface area contributed by atoms with E-state index in [4.69, 9.17) is 5.73 Å². The first-order chi connectivity index (χ1) is 8.90. The molecule has 1 atom stereocenters. The number of nitrogens with one attached hydrogen (secondary N) is 2. The van der Waals surface area contributed by atoms with Crippen LogP contribution in [-0.4, -0.2) is 23.6 Å². The summed E-state index contributed by atoms with van der Waals surface area (Å²) in [5.41, 5.74) is 6.03. The minimum Gasteiger partial charge on any atom is -0.398 e. The van der Waals surface area contributed by atoms with Crippen LogP contribution in [0.3, 0.4) is 0 Å². The zero-order valence-corrected chi connectivity index (χ0v) is 12.4. The Balaban J connectivity index is 2.25. The molecule has 1 heterocycles. The number of aromatic amines is 1. The molecule has 1 aromatic heterocycles. The molecule has 7 nitrogen and oxygen atoms in total. The monoisotopic (exact) mass is 345 g/mol. The number of anilines is 1. The predicted octanol–water partition coefficient (Wildman–Crippen LogP) is 1.19. The van der Waals surface area contributed by atoms with Gasteiger partial charge in [0.15, 0.2) is 0 Å². The molecule has 102 valence electrons. The molecular formula is C10H12BrN5O2S. The van der Waals surface area contributed by atoms with Gasteiger partial charge in [0, 0.05) is 10.2 Å². The van der Waals surface area contributed by atoms with Crippen molar-refractivity contribution in [1.29, 1.82) is 0 Å². The number of nitrogens with zero attached hydrogens (tertiary/aromatic N) is 2. The van der Waals surface area contributed by atoms with Crippen LogP contribution in [-0.2, 0) is 10.0 Å². The lowest BCUT2D eigenvalue weighted by Crippen LogP contribution is -2.27. The fourth-order valence-corrected chi connectivity index (χ4v) is 2.96. The van der Waals surface area contributed by atoms with E-state index in [1.807, 2.05) is 0 Å². The van der Waals surface area contributed by atoms with Crippen molar-refractivity contribution in [1.82, 2.24) is 19.9 Å². The summed E-state index contributed by atoms with van der Waals surface area (Å²) in [4.78, 5) is 4.00. The summed E-state index contributed by atoms with van der Waals surface area (Å²) >= 11 is 3.21. The number of hydrogen-bond acceptors (Lipinski definition) is 5. The quantitative estimate of drug-likeness (QED) is 0.720. The summed E-state index contributed by atoms with van der Waals surface area (Å²) in [6, 6.07) is 3.93. The third-order valence-corrected chi connectivity index (χ3v) is 4.71. The highest BCUT2D eigenvalue weighted by molar-refractivity contribution is 9.10. The Labute approximate surface area is 118 Å². The van der Waals surface area contributed by atoms with E-state index in [2.05, 4.69) is 35.8 Å². The van der Waals surface area contributed by atoms with Gasteiger partial charge >= 0.3 is 0 Å². The zero-order valence-electron chi connectivity index (χ0n) is 9.96. The lowest BCUT2D eigenvalue weighted by molar-refractivity contribution is 0.560. The number of nitrogens with two attached hydrogens (primary N) is 1. The van der Waals surface area contributed by atoms with Gasteiger partial charge in [0.05, 0.1) is 10.9 Å². The maximum absolute atomic E-state index is 12.2. The normalized spacial score (nSPS) is 13.4. The maximum atomic E-state index is 12.2. The summed E-state index contributed by atoms with van der Waals surface area (Å²) in [7, 11) is -3.66. The number of hydrogen-bond donors (Lipinski definition) is 3. The van der Waals surface area contributed by atoms with E-state index in [9.17, 15) is 8.42 Å². The first kappa shape index (κ1) is 14.0. The second-order valence-corrected chi connectivity index (χ2v) is 6.47. The molecule has 0 aliphatic heterocycles. The Morgan fingerprint density at radius 3 is 2.79 bits per heavy atom. The summed E-state index contributed by atoms with van der Waals surface area (Å²) in [5, 5.41) is 6.29. The topological polar surface area (TPSA) is 114 Å². The van der Waals surface area contributed by atoms with Crippen molar-refractivity contribution in [3.05, 3.63) is 34.8 Å². The molecule has 2 rings (SSSR count). The lowest BCUT2D eigenvalue weighted by atomic mass is 10.3. The van der Waals surface area contributed by atoms with Crippen LogP contribution in [0.25, 0.3) is 0 Å². The molecule has 0 saturated heterocycles. The van der Waals surface area contributed by atoms with Crippen molar-refractivity contribution >= 4 is 31.6 Å². The van der Waals surface area contributed by atoms with Crippen LogP contribution in [0.5, 0.6) is 0 Å². The SMILES string of the molecule is CC(NS(=O)(=O)c1ccc(Br)c(N)c1)c1ncn[nH]1. The van der Waals surface area contributed by atoms with Crippen LogP contribution >= 0.6 is 15.9 Å². The van der Waals surface area contributed by atoms with Crippen LogP contribution in [0.1, 0.15) is 18.8 Å². The van der Waals surface area contributed by atoms with E-state index in [1.165, 1.54) is 18.5 Å². The zero-order chi connectivity index (χ0) is 14.0. The fourth-order valence-electron chi connectivity index (χ4n) is 1.47. The van der Waals surface area contributed by atoms with E-state index in [1.54, 1.807) is 13.0 Å². The Morgan fingerprint density at radius 1 is 1.47 bits per heavy atom. The van der Waals surface area contributed by atoms with Crippen LogP contribution in [0, 0.1) is 0 Å². The molecule has 0 aliphatic carbocycles. The van der Waals surface area contributed by atoms with Gasteiger partial charge in [-0.05, 0) is 41.1 Å². The van der Waals surface area contributed by atoms with Gasteiger partial charge in [-0.1, -0.05) is 0 Å². The van der Waals surface area contributed by atoms with Crippen LogP contribution in [0.2, 0.25) is 0 Å². The highest BCUT2D eigenvalue weighted by Crippen LogP contribution is 2.23. The molecule has 9 heteroatoms. The molecule has 0 aliphatic rings. The van der Waals surface area contributed by atoms with E-state index in [-0.39, 0.29) is 4.90 Å². The molecule has 1 unspecified atom stereocenters. The second-order valence-electron chi connectivity index (χ2n) is 3.90. The predicted molar refractivity (Wildman–Crippen MR) is 73.7 cm³/mol. The third-order valence-electron chi connectivity index (χ3n) is 2.45. The van der Waals surface area contributed by atoms with Gasteiger partial charge in [-0.15, -0.1) is 0 Å². The number of rotatable bonds is 4. The molecule has 2 aromatic rings. The van der Waals surface area contributed by atoms with Gasteiger partial charge < -0.3 is 5.73 Å². The fraction of sp³-hybridized carbons (Fsp3) is 0.200. The summed E-state index contributed by atoms with van der Waals surface area (Å²) in [6.07, 6.45) is 1.32. The number of sulfonamides is 1. The minimum absolute atomic E-state index is 0.0968. The molecule has 0 amide bonds. The lowest BCUT2D eigenvalue weighted by Gasteiger charge is -2.12. The number of H-pyrrole nitrogens is 1. The van der Waals surface area contributed by atoms with E-state index in [0.717, 1.165) is 0 Å². The molecule has 0 spiro atoms. The van der Waals surface area contributed by atoms with E-state index < -0.39 is 16.1 Å². The molecular weight excluding hydrogens is 334 g/mol. The first-order valence-corrected chi connectivity index (χ1v) is 7.60. The molecule has 0 fully saturated rings. The van der Waals surface area contributed by atoms with Gasteiger partial charge in [-0.3, -0.25) is 5.10 Å². The maximum Gasteiger partial charge on any atom is 0.241 e. The smallest absolute Gasteiger partial charge is 0.241 e. The highest BCUT2D eigenvalue weighted by atomic mass is 79.9. The number of nitrogen functional groups attached to an aromatic ring is 1. The van der Waals surface area contributed by atoms with Crippen molar-refractivity contribution in [2.75, 3.05) is 5.73 Å². The van der Waals surface area contributed by atoms with Crippen molar-refractivity contribution < 1.29 is 8.42 Å². The Kier molecular flexibility index (Phi) is 3.88. The van der Waals surface area contributed by atoms with E-state index in [0.29, 0.717) is 16.0 Å². The molecule has 19 heavy (non-hydrogen) atoms. The van der Waals surface area contributed by atoms with Crippen molar-refractivity contribution in [3.63, 3.8) is 0 Å². The number of halogens is 1. The van der Waals surface area contributed by atoms with Gasteiger partial charge in [-0.25, -0.2) is 18.1 Å². The average Bonchev–Trinajstić information content (AvgIpc) is 2.85. The van der Waals surface area contributed by atoms with Crippen LogP contribution in [0.4, 0.5) is 5.69 Å². The van der Waals surface area contributed by atoms with Crippen molar-refractivity contribution in [2.24, 2.45) is 0 Å². The second kappa shape index (κ2) is 5.27. The van der Waals surface area contributed by atoms with Gasteiger partial charge in [-0.2, -0.15) is 5.10 Å². The first-order valence-electron chi connectivity index (χ1n) is 5.33.